The van der Waals surface area contributed by atoms with Crippen molar-refractivity contribution in [3.63, 3.8) is 0 Å². The van der Waals surface area contributed by atoms with Crippen LogP contribution in [0.25, 0.3) is 0 Å². The van der Waals surface area contributed by atoms with Gasteiger partial charge in [-0.1, -0.05) is 60.7 Å². The molecule has 0 aromatic heterocycles. The SMILES string of the molecule is O=CCCCC(=O)C(=O)C(c1ccccc1)c1ccccc1. The third-order valence-corrected chi connectivity index (χ3v) is 3.53. The molecule has 3 nitrogen and oxygen atoms in total. The van der Waals surface area contributed by atoms with Gasteiger partial charge in [-0.15, -0.1) is 0 Å². The Labute approximate surface area is 130 Å². The number of hydrogen-bond acceptors (Lipinski definition) is 3. The molecule has 0 atom stereocenters. The summed E-state index contributed by atoms with van der Waals surface area (Å²) in [6.45, 7) is 0. The number of benzene rings is 2. The van der Waals surface area contributed by atoms with E-state index in [2.05, 4.69) is 0 Å². The molecule has 2 aromatic carbocycles. The number of hydrogen-bond donors (Lipinski definition) is 0. The lowest BCUT2D eigenvalue weighted by Gasteiger charge is -2.16. The maximum absolute atomic E-state index is 12.6. The summed E-state index contributed by atoms with van der Waals surface area (Å²) in [5.41, 5.74) is 1.62. The number of Topliss-reactive ketones (excluding diaryl/α,β-unsaturated/α-hetero) is 2. The standard InChI is InChI=1S/C19H18O3/c20-14-8-7-13-17(21)19(22)18(15-9-3-1-4-10-15)16-11-5-2-6-12-16/h1-6,9-12,14,18H,7-8,13H2. The quantitative estimate of drug-likeness (QED) is 0.426. The van der Waals surface area contributed by atoms with E-state index in [1.54, 1.807) is 0 Å². The molecule has 0 radical (unpaired) electrons. The molecule has 0 heterocycles. The lowest BCUT2D eigenvalue weighted by molar-refractivity contribution is -0.137. The zero-order valence-electron chi connectivity index (χ0n) is 12.3. The number of carbonyl (C=O) groups is 3. The average Bonchev–Trinajstić information content (AvgIpc) is 2.57. The highest BCUT2D eigenvalue weighted by Gasteiger charge is 2.27. The minimum atomic E-state index is -0.578. The molecule has 0 aliphatic carbocycles. The van der Waals surface area contributed by atoms with Crippen LogP contribution in [-0.2, 0) is 14.4 Å². The Bertz CT molecular complexity index is 593. The zero-order chi connectivity index (χ0) is 15.8. The molecular formula is C19H18O3. The molecule has 112 valence electrons. The summed E-state index contributed by atoms with van der Waals surface area (Å²) in [7, 11) is 0. The Morgan fingerprint density at radius 3 is 1.82 bits per heavy atom. The van der Waals surface area contributed by atoms with E-state index in [9.17, 15) is 14.4 Å². The van der Waals surface area contributed by atoms with Crippen molar-refractivity contribution in [2.45, 2.75) is 25.2 Å². The first-order valence-electron chi connectivity index (χ1n) is 7.34. The molecule has 2 rings (SSSR count). The summed E-state index contributed by atoms with van der Waals surface area (Å²) in [5.74, 6) is -1.41. The van der Waals surface area contributed by atoms with Gasteiger partial charge in [-0.05, 0) is 17.5 Å². The molecule has 0 saturated carbocycles. The minimum absolute atomic E-state index is 0.119. The van der Waals surface area contributed by atoms with Gasteiger partial charge in [-0.3, -0.25) is 9.59 Å². The second-order valence-corrected chi connectivity index (χ2v) is 5.10. The number of unbranched alkanes of at least 4 members (excludes halogenated alkanes) is 1. The predicted octanol–water partition coefficient (Wildman–Crippen LogP) is 3.33. The molecule has 0 saturated heterocycles. The lowest BCUT2D eigenvalue weighted by Crippen LogP contribution is -2.23. The molecule has 3 heteroatoms. The summed E-state index contributed by atoms with van der Waals surface area (Å²) in [6.07, 6.45) is 1.61. The molecular weight excluding hydrogens is 276 g/mol. The maximum atomic E-state index is 12.6. The van der Waals surface area contributed by atoms with Gasteiger partial charge in [-0.2, -0.15) is 0 Å². The van der Waals surface area contributed by atoms with Crippen LogP contribution < -0.4 is 0 Å². The van der Waals surface area contributed by atoms with E-state index in [0.717, 1.165) is 17.4 Å². The Morgan fingerprint density at radius 2 is 1.36 bits per heavy atom. The fourth-order valence-corrected chi connectivity index (χ4v) is 2.42. The first-order chi connectivity index (χ1) is 10.7. The summed E-state index contributed by atoms with van der Waals surface area (Å²) >= 11 is 0. The normalized spacial score (nSPS) is 10.4. The monoisotopic (exact) mass is 294 g/mol. The zero-order valence-corrected chi connectivity index (χ0v) is 12.3. The number of rotatable bonds is 8. The molecule has 0 unspecified atom stereocenters. The second-order valence-electron chi connectivity index (χ2n) is 5.10. The molecule has 0 amide bonds. The topological polar surface area (TPSA) is 51.2 Å². The second kappa shape index (κ2) is 8.03. The van der Waals surface area contributed by atoms with E-state index in [0.29, 0.717) is 12.8 Å². The van der Waals surface area contributed by atoms with Crippen LogP contribution in [0.4, 0.5) is 0 Å². The van der Waals surface area contributed by atoms with Crippen molar-refractivity contribution in [3.05, 3.63) is 71.8 Å². The molecule has 2 aromatic rings. The van der Waals surface area contributed by atoms with Gasteiger partial charge >= 0.3 is 0 Å². The van der Waals surface area contributed by atoms with E-state index in [4.69, 9.17) is 0 Å². The summed E-state index contributed by atoms with van der Waals surface area (Å²) in [6, 6.07) is 18.6. The van der Waals surface area contributed by atoms with Crippen molar-refractivity contribution in [2.24, 2.45) is 0 Å². The largest absolute Gasteiger partial charge is 0.303 e. The highest BCUT2D eigenvalue weighted by atomic mass is 16.2. The van der Waals surface area contributed by atoms with Crippen LogP contribution in [0.5, 0.6) is 0 Å². The van der Waals surface area contributed by atoms with Crippen molar-refractivity contribution in [1.29, 1.82) is 0 Å². The van der Waals surface area contributed by atoms with Crippen molar-refractivity contribution in [2.75, 3.05) is 0 Å². The highest BCUT2D eigenvalue weighted by molar-refractivity contribution is 6.39. The van der Waals surface area contributed by atoms with E-state index in [-0.39, 0.29) is 6.42 Å². The molecule has 0 bridgehead atoms. The highest BCUT2D eigenvalue weighted by Crippen LogP contribution is 2.26. The van der Waals surface area contributed by atoms with Crippen molar-refractivity contribution < 1.29 is 14.4 Å². The van der Waals surface area contributed by atoms with E-state index < -0.39 is 17.5 Å². The van der Waals surface area contributed by atoms with Gasteiger partial charge in [0.25, 0.3) is 0 Å². The van der Waals surface area contributed by atoms with Gasteiger partial charge in [-0.25, -0.2) is 0 Å². The smallest absolute Gasteiger partial charge is 0.210 e. The van der Waals surface area contributed by atoms with Crippen LogP contribution in [-0.4, -0.2) is 17.9 Å². The van der Waals surface area contributed by atoms with Crippen molar-refractivity contribution in [1.82, 2.24) is 0 Å². The van der Waals surface area contributed by atoms with Crippen LogP contribution >= 0.6 is 0 Å². The molecule has 22 heavy (non-hydrogen) atoms. The fourth-order valence-electron chi connectivity index (χ4n) is 2.42. The van der Waals surface area contributed by atoms with Crippen LogP contribution in [0.15, 0.2) is 60.7 Å². The fraction of sp³-hybridized carbons (Fsp3) is 0.211. The molecule has 0 fully saturated rings. The molecule has 0 aliphatic rings. The van der Waals surface area contributed by atoms with E-state index in [1.165, 1.54) is 0 Å². The minimum Gasteiger partial charge on any atom is -0.303 e. The number of ketones is 2. The van der Waals surface area contributed by atoms with Crippen LogP contribution in [0.1, 0.15) is 36.3 Å². The van der Waals surface area contributed by atoms with Crippen molar-refractivity contribution >= 4 is 17.9 Å². The first kappa shape index (κ1) is 15.8. The van der Waals surface area contributed by atoms with Gasteiger partial charge < -0.3 is 4.79 Å². The molecule has 0 spiro atoms. The van der Waals surface area contributed by atoms with Crippen molar-refractivity contribution in [3.8, 4) is 0 Å². The average molecular weight is 294 g/mol. The Balaban J connectivity index is 2.27. The van der Waals surface area contributed by atoms with E-state index >= 15 is 0 Å². The van der Waals surface area contributed by atoms with Gasteiger partial charge in [0.2, 0.25) is 5.78 Å². The Hall–Kier alpha value is -2.55. The third kappa shape index (κ3) is 3.98. The molecule has 0 N–H and O–H groups in total. The summed E-state index contributed by atoms with van der Waals surface area (Å²) in [4.78, 5) is 35.1. The van der Waals surface area contributed by atoms with Crippen LogP contribution in [0.2, 0.25) is 0 Å². The lowest BCUT2D eigenvalue weighted by atomic mass is 9.85. The Morgan fingerprint density at radius 1 is 0.864 bits per heavy atom. The first-order valence-corrected chi connectivity index (χ1v) is 7.34. The Kier molecular flexibility index (Phi) is 5.78. The number of aldehydes is 1. The molecule has 0 aliphatic heterocycles. The third-order valence-electron chi connectivity index (χ3n) is 3.53. The van der Waals surface area contributed by atoms with Gasteiger partial charge in [0.15, 0.2) is 5.78 Å². The summed E-state index contributed by atoms with van der Waals surface area (Å²) in [5, 5.41) is 0. The van der Waals surface area contributed by atoms with Crippen LogP contribution in [0, 0.1) is 0 Å². The van der Waals surface area contributed by atoms with Gasteiger partial charge in [0.05, 0.1) is 5.92 Å². The van der Waals surface area contributed by atoms with Crippen LogP contribution in [0.3, 0.4) is 0 Å². The maximum Gasteiger partial charge on any atom is 0.210 e. The van der Waals surface area contributed by atoms with Gasteiger partial charge in [0, 0.05) is 12.8 Å². The van der Waals surface area contributed by atoms with E-state index in [1.807, 2.05) is 60.7 Å². The van der Waals surface area contributed by atoms with Gasteiger partial charge in [0.1, 0.15) is 6.29 Å². The summed E-state index contributed by atoms with van der Waals surface area (Å²) < 4.78 is 0. The number of carbonyl (C=O) groups excluding carboxylic acids is 3. The predicted molar refractivity (Wildman–Crippen MR) is 84.7 cm³/mol.